The molecule has 2 aliphatic carbocycles. The molecule has 0 bridgehead atoms. The van der Waals surface area contributed by atoms with E-state index < -0.39 is 11.4 Å². The Balaban J connectivity index is 2.34. The number of carbonyl (C=O) groups is 1. The molecule has 22 heavy (non-hydrogen) atoms. The fourth-order valence-corrected chi connectivity index (χ4v) is 4.62. The van der Waals surface area contributed by atoms with Crippen LogP contribution in [0.25, 0.3) is 0 Å². The summed E-state index contributed by atoms with van der Waals surface area (Å²) >= 11 is 0. The van der Waals surface area contributed by atoms with Crippen LogP contribution in [0.15, 0.2) is 23.8 Å². The van der Waals surface area contributed by atoms with Crippen LogP contribution in [0.5, 0.6) is 0 Å². The van der Waals surface area contributed by atoms with Crippen molar-refractivity contribution in [1.82, 2.24) is 0 Å². The highest BCUT2D eigenvalue weighted by Crippen LogP contribution is 2.57. The van der Waals surface area contributed by atoms with Crippen molar-refractivity contribution < 1.29 is 9.90 Å². The second-order valence-electron chi connectivity index (χ2n) is 8.05. The van der Waals surface area contributed by atoms with E-state index in [1.807, 2.05) is 6.92 Å². The number of hydrogen-bond donors (Lipinski definition) is 1. The highest BCUT2D eigenvalue weighted by molar-refractivity contribution is 5.79. The Morgan fingerprint density at radius 2 is 2.14 bits per heavy atom. The molecule has 0 radical (unpaired) electrons. The summed E-state index contributed by atoms with van der Waals surface area (Å²) < 4.78 is 0. The molecule has 0 aromatic carbocycles. The average molecular weight is 304 g/mol. The highest BCUT2D eigenvalue weighted by Gasteiger charge is 2.51. The molecule has 2 rings (SSSR count). The highest BCUT2D eigenvalue weighted by atomic mass is 16.4. The maximum Gasteiger partial charge on any atom is 0.313 e. The van der Waals surface area contributed by atoms with E-state index in [1.165, 1.54) is 19.3 Å². The standard InChI is InChI=1S/C20H32O2/c1-6-14(2)8-10-16-15(3)9-11-17-19(16,4)12-7-13-20(17,5)18(21)22/h7,11-12,14-16H,6,8-10,13H2,1-5H3,(H,21,22)/t14-,15+,16+,19-,20+/m1/s1. The second kappa shape index (κ2) is 6.22. The molecule has 0 spiro atoms. The van der Waals surface area contributed by atoms with Gasteiger partial charge in [0.15, 0.2) is 0 Å². The van der Waals surface area contributed by atoms with Gasteiger partial charge in [-0.15, -0.1) is 0 Å². The minimum Gasteiger partial charge on any atom is -0.481 e. The van der Waals surface area contributed by atoms with E-state index in [0.717, 1.165) is 17.9 Å². The molecule has 0 aromatic rings. The first kappa shape index (κ1) is 17.3. The maximum absolute atomic E-state index is 11.9. The number of rotatable bonds is 5. The zero-order valence-electron chi connectivity index (χ0n) is 14.9. The summed E-state index contributed by atoms with van der Waals surface area (Å²) in [5, 5.41) is 9.78. The number of hydrogen-bond acceptors (Lipinski definition) is 1. The van der Waals surface area contributed by atoms with Gasteiger partial charge in [-0.25, -0.2) is 0 Å². The summed E-state index contributed by atoms with van der Waals surface area (Å²) in [5.41, 5.74) is 0.344. The third kappa shape index (κ3) is 2.77. The van der Waals surface area contributed by atoms with Gasteiger partial charge in [-0.1, -0.05) is 58.8 Å². The maximum atomic E-state index is 11.9. The Morgan fingerprint density at radius 1 is 1.45 bits per heavy atom. The van der Waals surface area contributed by atoms with Crippen LogP contribution in [0, 0.1) is 28.6 Å². The molecule has 0 aromatic heterocycles. The Labute approximate surface area is 135 Å². The molecule has 2 aliphatic rings. The van der Waals surface area contributed by atoms with Gasteiger partial charge < -0.3 is 5.11 Å². The topological polar surface area (TPSA) is 37.3 Å². The lowest BCUT2D eigenvalue weighted by Crippen LogP contribution is -2.46. The van der Waals surface area contributed by atoms with Gasteiger partial charge in [-0.3, -0.25) is 4.79 Å². The largest absolute Gasteiger partial charge is 0.481 e. The molecule has 1 N–H and O–H groups in total. The molecule has 0 saturated carbocycles. The molecular formula is C20H32O2. The van der Waals surface area contributed by atoms with Gasteiger partial charge in [0.05, 0.1) is 5.41 Å². The second-order valence-corrected chi connectivity index (χ2v) is 8.05. The molecule has 0 saturated heterocycles. The lowest BCUT2D eigenvalue weighted by molar-refractivity contribution is -0.146. The van der Waals surface area contributed by atoms with Crippen molar-refractivity contribution in [3.63, 3.8) is 0 Å². The smallest absolute Gasteiger partial charge is 0.313 e. The predicted molar refractivity (Wildman–Crippen MR) is 91.6 cm³/mol. The summed E-state index contributed by atoms with van der Waals surface area (Å²) in [5.74, 6) is 1.25. The van der Waals surface area contributed by atoms with E-state index in [0.29, 0.717) is 18.3 Å². The number of carboxylic acid groups (broad SMARTS) is 1. The van der Waals surface area contributed by atoms with E-state index in [2.05, 4.69) is 45.9 Å². The van der Waals surface area contributed by atoms with Crippen LogP contribution in [-0.4, -0.2) is 11.1 Å². The van der Waals surface area contributed by atoms with E-state index in [-0.39, 0.29) is 5.41 Å². The SMILES string of the molecule is CC[C@@H](C)CC[C@H]1[C@@H](C)CC=C2[C@@](C)(C(=O)O)CC=C[C@@]21C. The van der Waals surface area contributed by atoms with Crippen LogP contribution >= 0.6 is 0 Å². The molecule has 0 amide bonds. The minimum atomic E-state index is -0.724. The number of fused-ring (bicyclic) bond motifs is 1. The van der Waals surface area contributed by atoms with Crippen LogP contribution in [0.2, 0.25) is 0 Å². The van der Waals surface area contributed by atoms with Crippen molar-refractivity contribution in [1.29, 1.82) is 0 Å². The van der Waals surface area contributed by atoms with Crippen molar-refractivity contribution in [3.05, 3.63) is 23.8 Å². The van der Waals surface area contributed by atoms with Crippen molar-refractivity contribution in [2.45, 2.75) is 66.7 Å². The molecule has 124 valence electrons. The molecule has 0 fully saturated rings. The lowest BCUT2D eigenvalue weighted by atomic mass is 9.52. The van der Waals surface area contributed by atoms with Gasteiger partial charge in [0, 0.05) is 5.41 Å². The van der Waals surface area contributed by atoms with E-state index in [4.69, 9.17) is 0 Å². The summed E-state index contributed by atoms with van der Waals surface area (Å²) in [6, 6.07) is 0. The van der Waals surface area contributed by atoms with Crippen LogP contribution in [0.1, 0.15) is 66.7 Å². The van der Waals surface area contributed by atoms with E-state index in [9.17, 15) is 9.90 Å². The average Bonchev–Trinajstić information content (AvgIpc) is 2.45. The monoisotopic (exact) mass is 304 g/mol. The van der Waals surface area contributed by atoms with Crippen molar-refractivity contribution in [3.8, 4) is 0 Å². The molecule has 0 aliphatic heterocycles. The Hall–Kier alpha value is -1.05. The summed E-state index contributed by atoms with van der Waals surface area (Å²) in [4.78, 5) is 11.9. The number of aliphatic carboxylic acids is 1. The Kier molecular flexibility index (Phi) is 4.89. The minimum absolute atomic E-state index is 0.0868. The van der Waals surface area contributed by atoms with Crippen LogP contribution < -0.4 is 0 Å². The zero-order valence-corrected chi connectivity index (χ0v) is 14.9. The van der Waals surface area contributed by atoms with Gasteiger partial charge in [0.25, 0.3) is 0 Å². The van der Waals surface area contributed by atoms with Crippen molar-refractivity contribution in [2.75, 3.05) is 0 Å². The normalized spacial score (nSPS) is 39.0. The van der Waals surface area contributed by atoms with Crippen molar-refractivity contribution in [2.24, 2.45) is 28.6 Å². The predicted octanol–water partition coefficient (Wildman–Crippen LogP) is 5.45. The van der Waals surface area contributed by atoms with Crippen molar-refractivity contribution >= 4 is 5.97 Å². The Morgan fingerprint density at radius 3 is 2.73 bits per heavy atom. The lowest BCUT2D eigenvalue weighted by Gasteiger charge is -2.51. The quantitative estimate of drug-likeness (QED) is 0.685. The van der Waals surface area contributed by atoms with E-state index in [1.54, 1.807) is 0 Å². The fourth-order valence-electron chi connectivity index (χ4n) is 4.62. The third-order valence-electron chi connectivity index (χ3n) is 6.46. The molecule has 5 atom stereocenters. The Bertz CT molecular complexity index is 490. The number of carboxylic acids is 1. The molecule has 0 unspecified atom stereocenters. The first-order chi connectivity index (χ1) is 10.3. The molecule has 2 heteroatoms. The van der Waals surface area contributed by atoms with Crippen LogP contribution in [-0.2, 0) is 4.79 Å². The van der Waals surface area contributed by atoms with Crippen LogP contribution in [0.4, 0.5) is 0 Å². The van der Waals surface area contributed by atoms with Crippen LogP contribution in [0.3, 0.4) is 0 Å². The van der Waals surface area contributed by atoms with Gasteiger partial charge in [-0.05, 0) is 49.5 Å². The summed E-state index contributed by atoms with van der Waals surface area (Å²) in [6.45, 7) is 11.1. The molecule has 0 heterocycles. The van der Waals surface area contributed by atoms with Gasteiger partial charge >= 0.3 is 5.97 Å². The third-order valence-corrected chi connectivity index (χ3v) is 6.46. The van der Waals surface area contributed by atoms with Gasteiger partial charge in [0.2, 0.25) is 0 Å². The fraction of sp³-hybridized carbons (Fsp3) is 0.750. The summed E-state index contributed by atoms with van der Waals surface area (Å²) in [6.07, 6.45) is 12.0. The molecular weight excluding hydrogens is 272 g/mol. The van der Waals surface area contributed by atoms with Gasteiger partial charge in [-0.2, -0.15) is 0 Å². The molecule has 2 nitrogen and oxygen atoms in total. The number of allylic oxidation sites excluding steroid dienone is 3. The zero-order chi connectivity index (χ0) is 16.5. The summed E-state index contributed by atoms with van der Waals surface area (Å²) in [7, 11) is 0. The first-order valence-corrected chi connectivity index (χ1v) is 8.88. The first-order valence-electron chi connectivity index (χ1n) is 8.88. The van der Waals surface area contributed by atoms with Gasteiger partial charge in [0.1, 0.15) is 0 Å². The van der Waals surface area contributed by atoms with E-state index >= 15 is 0 Å².